The molecule has 0 aliphatic carbocycles. The molecule has 8 heteroatoms. The smallest absolute Gasteiger partial charge is 0.330 e. The Hall–Kier alpha value is -3.91. The maximum Gasteiger partial charge on any atom is 0.330 e. The number of ether oxygens (including phenoxy) is 1. The Morgan fingerprint density at radius 1 is 1.19 bits per heavy atom. The van der Waals surface area contributed by atoms with E-state index in [1.807, 2.05) is 55.6 Å². The van der Waals surface area contributed by atoms with Crippen molar-refractivity contribution in [1.82, 2.24) is 14.5 Å². The molecule has 0 bridgehead atoms. The van der Waals surface area contributed by atoms with Crippen LogP contribution in [-0.2, 0) is 11.4 Å². The first-order valence-electron chi connectivity index (χ1n) is 9.99. The Morgan fingerprint density at radius 2 is 1.97 bits per heavy atom. The maximum absolute atomic E-state index is 12.5. The summed E-state index contributed by atoms with van der Waals surface area (Å²) in [4.78, 5) is 31.6. The molecule has 0 atom stereocenters. The zero-order valence-electron chi connectivity index (χ0n) is 17.7. The number of aromatic nitrogens is 3. The number of hydrogen-bond acceptors (Lipinski definition) is 5. The normalized spacial score (nSPS) is 11.1. The molecule has 2 heterocycles. The van der Waals surface area contributed by atoms with E-state index in [0.717, 1.165) is 27.7 Å². The highest BCUT2D eigenvalue weighted by Gasteiger charge is 2.10. The first-order chi connectivity index (χ1) is 15.5. The Balaban J connectivity index is 1.39. The average molecular weight is 447 g/mol. The van der Waals surface area contributed by atoms with Gasteiger partial charge in [0.15, 0.2) is 0 Å². The highest BCUT2D eigenvalue weighted by atomic mass is 32.1. The lowest BCUT2D eigenvalue weighted by atomic mass is 10.2. The number of aryl methyl sites for hydroxylation is 2. The van der Waals surface area contributed by atoms with Crippen molar-refractivity contribution in [1.29, 1.82) is 0 Å². The van der Waals surface area contributed by atoms with Crippen molar-refractivity contribution in [2.45, 2.75) is 20.5 Å². The molecule has 4 rings (SSSR count). The van der Waals surface area contributed by atoms with Crippen LogP contribution in [0.15, 0.2) is 71.0 Å². The van der Waals surface area contributed by atoms with Crippen molar-refractivity contribution in [3.63, 3.8) is 0 Å². The van der Waals surface area contributed by atoms with Gasteiger partial charge < -0.3 is 15.0 Å². The summed E-state index contributed by atoms with van der Waals surface area (Å²) in [6, 6.07) is 14.6. The van der Waals surface area contributed by atoms with Crippen molar-refractivity contribution in [3.8, 4) is 11.4 Å². The number of anilines is 1. The number of aromatic amines is 1. The van der Waals surface area contributed by atoms with E-state index in [1.165, 1.54) is 10.6 Å². The lowest BCUT2D eigenvalue weighted by Gasteiger charge is -2.11. The molecule has 2 aromatic heterocycles. The third-order valence-electron chi connectivity index (χ3n) is 4.72. The van der Waals surface area contributed by atoms with Crippen LogP contribution in [0, 0.1) is 13.8 Å². The van der Waals surface area contributed by atoms with Gasteiger partial charge >= 0.3 is 5.69 Å². The standard InChI is InChI=1S/C24H22N4O3S/c1-16-13-25-24(30)28(16)22-6-4-3-5-21(22)27-23(29)12-9-18-7-10-20(11-8-18)31-14-19-15-32-17(2)26-19/h3-13,15H,14H2,1-2H3,(H,25,30)(H,27,29)/b12-9+. The fraction of sp³-hybridized carbons (Fsp3) is 0.125. The number of carbonyl (C=O) groups is 1. The SMILES string of the molecule is Cc1nc(COc2ccc(/C=C/C(=O)Nc3ccccc3-n3c(C)c[nH]c3=O)cc2)cs1. The fourth-order valence-electron chi connectivity index (χ4n) is 3.18. The van der Waals surface area contributed by atoms with Crippen molar-refractivity contribution in [2.75, 3.05) is 5.32 Å². The molecule has 0 aliphatic heterocycles. The third kappa shape index (κ3) is 5.04. The predicted octanol–water partition coefficient (Wildman–Crippen LogP) is 4.47. The molecule has 7 nitrogen and oxygen atoms in total. The number of thiazole rings is 1. The molecule has 0 radical (unpaired) electrons. The Kier molecular flexibility index (Phi) is 6.32. The van der Waals surface area contributed by atoms with Gasteiger partial charge in [-0.3, -0.25) is 9.36 Å². The summed E-state index contributed by atoms with van der Waals surface area (Å²) in [6.45, 7) is 4.21. The average Bonchev–Trinajstić information content (AvgIpc) is 3.36. The van der Waals surface area contributed by atoms with Gasteiger partial charge in [-0.05, 0) is 49.8 Å². The van der Waals surface area contributed by atoms with E-state index < -0.39 is 0 Å². The molecule has 0 unspecified atom stereocenters. The summed E-state index contributed by atoms with van der Waals surface area (Å²) in [5.74, 6) is 0.441. The molecule has 162 valence electrons. The molecule has 1 amide bonds. The van der Waals surface area contributed by atoms with Crippen LogP contribution in [0.3, 0.4) is 0 Å². The van der Waals surface area contributed by atoms with Crippen LogP contribution in [0.2, 0.25) is 0 Å². The number of H-pyrrole nitrogens is 1. The summed E-state index contributed by atoms with van der Waals surface area (Å²) < 4.78 is 7.26. The van der Waals surface area contributed by atoms with Gasteiger partial charge in [-0.1, -0.05) is 24.3 Å². The second-order valence-corrected chi connectivity index (χ2v) is 8.19. The lowest BCUT2D eigenvalue weighted by molar-refractivity contribution is -0.111. The summed E-state index contributed by atoms with van der Waals surface area (Å²) in [5, 5.41) is 5.84. The molecule has 0 fully saturated rings. The van der Waals surface area contributed by atoms with Crippen molar-refractivity contribution < 1.29 is 9.53 Å². The molecule has 4 aromatic rings. The largest absolute Gasteiger partial charge is 0.487 e. The van der Waals surface area contributed by atoms with E-state index in [4.69, 9.17) is 4.74 Å². The minimum Gasteiger partial charge on any atom is -0.487 e. The number of nitrogens with zero attached hydrogens (tertiary/aromatic N) is 2. The van der Waals surface area contributed by atoms with Crippen LogP contribution in [0.1, 0.15) is 22.0 Å². The third-order valence-corrected chi connectivity index (χ3v) is 5.55. The van der Waals surface area contributed by atoms with Gasteiger partial charge in [-0.15, -0.1) is 11.3 Å². The number of carbonyl (C=O) groups excluding carboxylic acids is 1. The van der Waals surface area contributed by atoms with Gasteiger partial charge in [0.2, 0.25) is 5.91 Å². The van der Waals surface area contributed by atoms with E-state index >= 15 is 0 Å². The molecule has 2 aromatic carbocycles. The van der Waals surface area contributed by atoms with Crippen molar-refractivity contribution in [2.24, 2.45) is 0 Å². The monoisotopic (exact) mass is 446 g/mol. The van der Waals surface area contributed by atoms with Gasteiger partial charge in [-0.25, -0.2) is 9.78 Å². The molecular weight excluding hydrogens is 424 g/mol. The van der Waals surface area contributed by atoms with Crippen molar-refractivity contribution in [3.05, 3.63) is 98.6 Å². The highest BCUT2D eigenvalue weighted by molar-refractivity contribution is 7.09. The first kappa shape index (κ1) is 21.3. The Morgan fingerprint density at radius 3 is 2.66 bits per heavy atom. The Labute approximate surface area is 189 Å². The van der Waals surface area contributed by atoms with Crippen LogP contribution in [0.5, 0.6) is 5.75 Å². The number of rotatable bonds is 7. The van der Waals surface area contributed by atoms with E-state index in [1.54, 1.807) is 35.7 Å². The highest BCUT2D eigenvalue weighted by Crippen LogP contribution is 2.20. The summed E-state index contributed by atoms with van der Waals surface area (Å²) in [5.41, 5.74) is 3.42. The second-order valence-electron chi connectivity index (χ2n) is 7.13. The molecule has 0 saturated heterocycles. The molecule has 32 heavy (non-hydrogen) atoms. The zero-order chi connectivity index (χ0) is 22.5. The molecule has 2 N–H and O–H groups in total. The quantitative estimate of drug-likeness (QED) is 0.410. The number of imidazole rings is 1. The topological polar surface area (TPSA) is 89.0 Å². The summed E-state index contributed by atoms with van der Waals surface area (Å²) in [6.07, 6.45) is 4.81. The summed E-state index contributed by atoms with van der Waals surface area (Å²) in [7, 11) is 0. The number of nitrogens with one attached hydrogen (secondary N) is 2. The van der Waals surface area contributed by atoms with Gasteiger partial charge in [0.05, 0.1) is 22.1 Å². The van der Waals surface area contributed by atoms with Crippen LogP contribution >= 0.6 is 11.3 Å². The number of benzene rings is 2. The fourth-order valence-corrected chi connectivity index (χ4v) is 3.78. The van der Waals surface area contributed by atoms with E-state index in [0.29, 0.717) is 18.0 Å². The van der Waals surface area contributed by atoms with Gasteiger partial charge in [0.25, 0.3) is 0 Å². The van der Waals surface area contributed by atoms with E-state index in [2.05, 4.69) is 15.3 Å². The van der Waals surface area contributed by atoms with Crippen LogP contribution in [-0.4, -0.2) is 20.4 Å². The van der Waals surface area contributed by atoms with Crippen LogP contribution in [0.4, 0.5) is 5.69 Å². The molecule has 0 spiro atoms. The van der Waals surface area contributed by atoms with E-state index in [-0.39, 0.29) is 11.6 Å². The minimum absolute atomic E-state index is 0.257. The molecule has 0 saturated carbocycles. The van der Waals surface area contributed by atoms with Gasteiger partial charge in [-0.2, -0.15) is 0 Å². The van der Waals surface area contributed by atoms with E-state index in [9.17, 15) is 9.59 Å². The molecular formula is C24H22N4O3S. The maximum atomic E-state index is 12.5. The first-order valence-corrected chi connectivity index (χ1v) is 10.9. The summed E-state index contributed by atoms with van der Waals surface area (Å²) >= 11 is 1.60. The number of para-hydroxylation sites is 2. The minimum atomic E-state index is -0.294. The Bertz CT molecular complexity index is 1320. The predicted molar refractivity (Wildman–Crippen MR) is 126 cm³/mol. The van der Waals surface area contributed by atoms with Crippen LogP contribution in [0.25, 0.3) is 11.8 Å². The zero-order valence-corrected chi connectivity index (χ0v) is 18.5. The van der Waals surface area contributed by atoms with Crippen molar-refractivity contribution >= 4 is 29.0 Å². The second kappa shape index (κ2) is 9.49. The number of hydrogen-bond donors (Lipinski definition) is 2. The van der Waals surface area contributed by atoms with Crippen LogP contribution < -0.4 is 15.7 Å². The molecule has 0 aliphatic rings. The lowest BCUT2D eigenvalue weighted by Crippen LogP contribution is -2.18. The van der Waals surface area contributed by atoms with Gasteiger partial charge in [0.1, 0.15) is 12.4 Å². The van der Waals surface area contributed by atoms with Gasteiger partial charge in [0, 0.05) is 23.3 Å². The number of amides is 1.